The second kappa shape index (κ2) is 10.5. The van der Waals surface area contributed by atoms with Crippen LogP contribution in [-0.2, 0) is 6.61 Å². The molecule has 0 spiro atoms. The minimum Gasteiger partial charge on any atom is -0.507 e. The van der Waals surface area contributed by atoms with Crippen LogP contribution in [0.1, 0.15) is 40.1 Å². The number of methoxy groups -OCH3 is 1. The van der Waals surface area contributed by atoms with Gasteiger partial charge in [0.2, 0.25) is 0 Å². The first-order chi connectivity index (χ1) is 18.0. The minimum atomic E-state index is -0.611. The molecule has 7 heteroatoms. The number of fused-ring (bicyclic) bond motifs is 1. The van der Waals surface area contributed by atoms with E-state index in [2.05, 4.69) is 10.4 Å². The maximum absolute atomic E-state index is 13.6. The van der Waals surface area contributed by atoms with Crippen LogP contribution < -0.4 is 14.8 Å². The topological polar surface area (TPSA) is 83.4 Å². The summed E-state index contributed by atoms with van der Waals surface area (Å²) in [6, 6.07) is 29.7. The zero-order chi connectivity index (χ0) is 25.8. The highest BCUT2D eigenvalue weighted by molar-refractivity contribution is 6.05. The number of aromatic hydroxyl groups is 1. The Morgan fingerprint density at radius 1 is 0.946 bits per heavy atom. The number of para-hydroxylation sites is 2. The van der Waals surface area contributed by atoms with Gasteiger partial charge in [-0.25, -0.2) is 5.01 Å². The molecule has 0 saturated carbocycles. The van der Waals surface area contributed by atoms with Crippen molar-refractivity contribution in [3.05, 3.63) is 119 Å². The van der Waals surface area contributed by atoms with Crippen LogP contribution in [0.15, 0.2) is 102 Å². The first-order valence-corrected chi connectivity index (χ1v) is 11.9. The first-order valence-electron chi connectivity index (χ1n) is 11.9. The molecule has 1 atom stereocenters. The van der Waals surface area contributed by atoms with Crippen molar-refractivity contribution in [1.29, 1.82) is 0 Å². The number of hydrazone groups is 1. The molecule has 1 unspecified atom stereocenters. The number of amides is 1. The van der Waals surface area contributed by atoms with Gasteiger partial charge in [0.1, 0.15) is 12.4 Å². The molecule has 0 aliphatic carbocycles. The number of carbonyl (C=O) groups excluding carboxylic acids is 1. The molecule has 37 heavy (non-hydrogen) atoms. The van der Waals surface area contributed by atoms with E-state index in [1.165, 1.54) is 5.01 Å². The van der Waals surface area contributed by atoms with E-state index < -0.39 is 6.17 Å². The summed E-state index contributed by atoms with van der Waals surface area (Å²) in [4.78, 5) is 13.6. The summed E-state index contributed by atoms with van der Waals surface area (Å²) in [6.45, 7) is 2.17. The van der Waals surface area contributed by atoms with Crippen LogP contribution in [0.3, 0.4) is 0 Å². The van der Waals surface area contributed by atoms with Crippen molar-refractivity contribution in [3.8, 4) is 17.2 Å². The van der Waals surface area contributed by atoms with E-state index in [1.54, 1.807) is 38.3 Å². The Bertz CT molecular complexity index is 1450. The summed E-state index contributed by atoms with van der Waals surface area (Å²) in [7, 11) is 1.58. The zero-order valence-corrected chi connectivity index (χ0v) is 20.6. The molecule has 186 valence electrons. The normalized spacial score (nSPS) is 15.1. The number of hydrogen-bond acceptors (Lipinski definition) is 6. The van der Waals surface area contributed by atoms with Crippen LogP contribution in [0.4, 0.5) is 5.69 Å². The van der Waals surface area contributed by atoms with Gasteiger partial charge < -0.3 is 19.9 Å². The minimum absolute atomic E-state index is 0.0969. The fraction of sp³-hybridized carbons (Fsp3) is 0.133. The van der Waals surface area contributed by atoms with Gasteiger partial charge in [0.15, 0.2) is 17.7 Å². The summed E-state index contributed by atoms with van der Waals surface area (Å²) < 4.78 is 11.7. The zero-order valence-electron chi connectivity index (χ0n) is 20.6. The smallest absolute Gasteiger partial charge is 0.278 e. The van der Waals surface area contributed by atoms with Crippen molar-refractivity contribution >= 4 is 17.3 Å². The monoisotopic (exact) mass is 493 g/mol. The predicted molar refractivity (Wildman–Crippen MR) is 143 cm³/mol. The summed E-state index contributed by atoms with van der Waals surface area (Å²) in [5, 5.41) is 19.8. The van der Waals surface area contributed by atoms with Gasteiger partial charge in [0.25, 0.3) is 5.91 Å². The van der Waals surface area contributed by atoms with Crippen LogP contribution in [-0.4, -0.2) is 28.8 Å². The van der Waals surface area contributed by atoms with Gasteiger partial charge in [-0.1, -0.05) is 60.7 Å². The largest absolute Gasteiger partial charge is 0.507 e. The van der Waals surface area contributed by atoms with Gasteiger partial charge in [0, 0.05) is 16.8 Å². The number of rotatable bonds is 7. The maximum Gasteiger partial charge on any atom is 0.278 e. The van der Waals surface area contributed by atoms with E-state index in [1.807, 2.05) is 72.8 Å². The van der Waals surface area contributed by atoms with Crippen molar-refractivity contribution in [1.82, 2.24) is 5.01 Å². The average Bonchev–Trinajstić information content (AvgIpc) is 2.94. The summed E-state index contributed by atoms with van der Waals surface area (Å²) in [5.41, 5.74) is 4.10. The Kier molecular flexibility index (Phi) is 6.76. The molecule has 4 aromatic rings. The maximum atomic E-state index is 13.6. The molecule has 2 N–H and O–H groups in total. The Balaban J connectivity index is 1.51. The van der Waals surface area contributed by atoms with Crippen LogP contribution in [0, 0.1) is 0 Å². The number of carbonyl (C=O) groups is 1. The van der Waals surface area contributed by atoms with Crippen LogP contribution in [0.5, 0.6) is 17.2 Å². The summed E-state index contributed by atoms with van der Waals surface area (Å²) >= 11 is 0. The fourth-order valence-electron chi connectivity index (χ4n) is 4.28. The quantitative estimate of drug-likeness (QED) is 0.310. The van der Waals surface area contributed by atoms with Gasteiger partial charge in [-0.15, -0.1) is 0 Å². The van der Waals surface area contributed by atoms with E-state index in [0.29, 0.717) is 40.6 Å². The van der Waals surface area contributed by atoms with E-state index >= 15 is 0 Å². The predicted octanol–water partition coefficient (Wildman–Crippen LogP) is 5.97. The second-order valence-electron chi connectivity index (χ2n) is 8.63. The van der Waals surface area contributed by atoms with E-state index in [-0.39, 0.29) is 11.7 Å². The van der Waals surface area contributed by atoms with E-state index in [4.69, 9.17) is 9.47 Å². The van der Waals surface area contributed by atoms with Crippen molar-refractivity contribution < 1.29 is 19.4 Å². The molecule has 0 bridgehead atoms. The summed E-state index contributed by atoms with van der Waals surface area (Å²) in [6.07, 6.45) is -0.611. The number of nitrogens with zero attached hydrogens (tertiary/aromatic N) is 2. The van der Waals surface area contributed by atoms with Crippen molar-refractivity contribution in [3.63, 3.8) is 0 Å². The number of phenolic OH excluding ortho intramolecular Hbond substituents is 1. The molecule has 0 radical (unpaired) electrons. The van der Waals surface area contributed by atoms with Gasteiger partial charge >= 0.3 is 0 Å². The van der Waals surface area contributed by atoms with Crippen molar-refractivity contribution in [2.75, 3.05) is 12.4 Å². The lowest BCUT2D eigenvalue weighted by atomic mass is 10.0. The second-order valence-corrected chi connectivity index (χ2v) is 8.63. The van der Waals surface area contributed by atoms with E-state index in [0.717, 1.165) is 11.1 Å². The number of phenols is 1. The van der Waals surface area contributed by atoms with Gasteiger partial charge in [0.05, 0.1) is 18.4 Å². The third-order valence-electron chi connectivity index (χ3n) is 6.19. The number of benzene rings is 4. The molecule has 1 aliphatic heterocycles. The third-order valence-corrected chi connectivity index (χ3v) is 6.19. The average molecular weight is 494 g/mol. The molecular formula is C30H27N3O4. The van der Waals surface area contributed by atoms with Crippen LogP contribution >= 0.6 is 0 Å². The lowest BCUT2D eigenvalue weighted by Gasteiger charge is -2.35. The van der Waals surface area contributed by atoms with Crippen LogP contribution in [0.2, 0.25) is 0 Å². The Labute approximate surface area is 215 Å². The molecule has 4 aromatic carbocycles. The van der Waals surface area contributed by atoms with Gasteiger partial charge in [-0.3, -0.25) is 4.79 Å². The SMILES string of the molecule is COc1cc(C2Nc3ccccc3C(=O)N2N=C(C)c2ccccc2O)ccc1OCc1ccccc1. The number of hydrogen-bond donors (Lipinski definition) is 2. The Morgan fingerprint density at radius 2 is 1.68 bits per heavy atom. The number of ether oxygens (including phenoxy) is 2. The van der Waals surface area contributed by atoms with Crippen molar-refractivity contribution in [2.45, 2.75) is 19.7 Å². The molecule has 1 aliphatic rings. The molecule has 0 saturated heterocycles. The highest BCUT2D eigenvalue weighted by Gasteiger charge is 2.34. The van der Waals surface area contributed by atoms with E-state index in [9.17, 15) is 9.90 Å². The number of nitrogens with one attached hydrogen (secondary N) is 1. The molecule has 1 heterocycles. The lowest BCUT2D eigenvalue weighted by Crippen LogP contribution is -2.40. The Morgan fingerprint density at radius 3 is 2.46 bits per heavy atom. The molecule has 1 amide bonds. The highest BCUT2D eigenvalue weighted by atomic mass is 16.5. The number of anilines is 1. The third kappa shape index (κ3) is 4.97. The van der Waals surface area contributed by atoms with Crippen LogP contribution in [0.25, 0.3) is 0 Å². The standard InChI is InChI=1S/C30H27N3O4/c1-20(23-12-7-9-15-26(23)34)32-33-29(31-25-14-8-6-13-24(25)30(33)35)22-16-17-27(28(18-22)36-2)37-19-21-10-4-3-5-11-21/h3-18,29,31,34H,19H2,1-2H3. The molecule has 5 rings (SSSR count). The fourth-order valence-corrected chi connectivity index (χ4v) is 4.28. The first kappa shape index (κ1) is 23.9. The molecule has 0 aromatic heterocycles. The van der Waals surface area contributed by atoms with Gasteiger partial charge in [-0.05, 0) is 48.9 Å². The van der Waals surface area contributed by atoms with Gasteiger partial charge in [-0.2, -0.15) is 5.10 Å². The molecule has 0 fully saturated rings. The summed E-state index contributed by atoms with van der Waals surface area (Å²) in [5.74, 6) is 0.984. The molecule has 7 nitrogen and oxygen atoms in total. The Hall–Kier alpha value is -4.78. The molecular weight excluding hydrogens is 466 g/mol. The van der Waals surface area contributed by atoms with Crippen molar-refractivity contribution in [2.24, 2.45) is 5.10 Å². The lowest BCUT2D eigenvalue weighted by molar-refractivity contribution is 0.0689. The highest BCUT2D eigenvalue weighted by Crippen LogP contribution is 2.37.